The van der Waals surface area contributed by atoms with Gasteiger partial charge >= 0.3 is 12.5 Å². The van der Waals surface area contributed by atoms with Crippen LogP contribution >= 0.6 is 0 Å². The molecule has 0 aliphatic carbocycles. The lowest BCUT2D eigenvalue weighted by atomic mass is 10.1. The molecule has 0 unspecified atom stereocenters. The Morgan fingerprint density at radius 1 is 0.917 bits per heavy atom. The van der Waals surface area contributed by atoms with E-state index in [0.29, 0.717) is 16.8 Å². The summed E-state index contributed by atoms with van der Waals surface area (Å²) in [5.74, 6) is -0.884. The summed E-state index contributed by atoms with van der Waals surface area (Å²) in [4.78, 5) is 17.0. The van der Waals surface area contributed by atoms with Crippen LogP contribution in [0.3, 0.4) is 0 Å². The smallest absolute Gasteiger partial charge is 0.406 e. The largest absolute Gasteiger partial charge is 0.573 e. The highest BCUT2D eigenvalue weighted by molar-refractivity contribution is 6.10. The molecule has 0 N–H and O–H groups in total. The van der Waals surface area contributed by atoms with Gasteiger partial charge in [-0.25, -0.2) is 4.68 Å². The number of alkyl halides is 6. The van der Waals surface area contributed by atoms with Gasteiger partial charge in [-0.15, -0.1) is 13.2 Å². The molecule has 5 nitrogen and oxygen atoms in total. The molecule has 36 heavy (non-hydrogen) atoms. The number of nitrogens with zero attached hydrogens (tertiary/aromatic N) is 3. The lowest BCUT2D eigenvalue weighted by Crippen LogP contribution is -2.16. The maximum atomic E-state index is 13.0. The minimum absolute atomic E-state index is 0.149. The van der Waals surface area contributed by atoms with Crippen molar-refractivity contribution in [2.24, 2.45) is 0 Å². The molecule has 0 spiro atoms. The number of halogens is 6. The van der Waals surface area contributed by atoms with Crippen molar-refractivity contribution in [2.45, 2.75) is 12.5 Å². The highest BCUT2D eigenvalue weighted by atomic mass is 19.4. The van der Waals surface area contributed by atoms with Gasteiger partial charge in [0.2, 0.25) is 0 Å². The van der Waals surface area contributed by atoms with Crippen LogP contribution in [0.1, 0.15) is 21.5 Å². The Kier molecular flexibility index (Phi) is 6.65. The van der Waals surface area contributed by atoms with E-state index < -0.39 is 29.6 Å². The molecule has 0 aliphatic heterocycles. The van der Waals surface area contributed by atoms with Crippen LogP contribution in [0.5, 0.6) is 5.75 Å². The highest BCUT2D eigenvalue weighted by Gasteiger charge is 2.31. The fourth-order valence-electron chi connectivity index (χ4n) is 3.25. The van der Waals surface area contributed by atoms with Crippen molar-refractivity contribution in [3.05, 3.63) is 102 Å². The van der Waals surface area contributed by atoms with Crippen molar-refractivity contribution in [3.63, 3.8) is 0 Å². The second-order valence-electron chi connectivity index (χ2n) is 7.44. The zero-order valence-electron chi connectivity index (χ0n) is 18.1. The van der Waals surface area contributed by atoms with Gasteiger partial charge in [-0.05, 0) is 60.2 Å². The summed E-state index contributed by atoms with van der Waals surface area (Å²) >= 11 is 0. The topological polar surface area (TPSA) is 57.0 Å². The van der Waals surface area contributed by atoms with Gasteiger partial charge in [-0.2, -0.15) is 18.3 Å². The van der Waals surface area contributed by atoms with Crippen molar-refractivity contribution in [1.29, 1.82) is 0 Å². The molecule has 4 rings (SSSR count). The number of carbonyl (C=O) groups excluding carboxylic acids is 1. The Bertz CT molecular complexity index is 1370. The molecule has 4 aromatic rings. The maximum Gasteiger partial charge on any atom is 0.573 e. The van der Waals surface area contributed by atoms with E-state index in [9.17, 15) is 31.1 Å². The second-order valence-corrected chi connectivity index (χ2v) is 7.44. The van der Waals surface area contributed by atoms with E-state index in [0.717, 1.165) is 24.3 Å². The third-order valence-electron chi connectivity index (χ3n) is 4.91. The molecule has 0 aliphatic rings. The number of ether oxygens (including phenoxy) is 1. The molecular formula is C25H15F6N3O2. The summed E-state index contributed by atoms with van der Waals surface area (Å²) in [6.45, 7) is 0. The van der Waals surface area contributed by atoms with E-state index in [1.54, 1.807) is 12.1 Å². The Balaban J connectivity index is 1.63. The first-order chi connectivity index (χ1) is 17.0. The van der Waals surface area contributed by atoms with Crippen molar-refractivity contribution in [2.75, 3.05) is 0 Å². The van der Waals surface area contributed by atoms with Crippen molar-refractivity contribution < 1.29 is 35.9 Å². The van der Waals surface area contributed by atoms with Crippen LogP contribution in [-0.4, -0.2) is 26.9 Å². The van der Waals surface area contributed by atoms with Gasteiger partial charge in [-0.1, -0.05) is 18.2 Å². The van der Waals surface area contributed by atoms with E-state index >= 15 is 0 Å². The zero-order valence-corrected chi connectivity index (χ0v) is 18.1. The summed E-state index contributed by atoms with van der Waals surface area (Å²) in [6, 6.07) is 12.5. The van der Waals surface area contributed by atoms with Gasteiger partial charge in [0, 0.05) is 24.2 Å². The van der Waals surface area contributed by atoms with E-state index in [1.807, 2.05) is 0 Å². The van der Waals surface area contributed by atoms with E-state index in [2.05, 4.69) is 14.8 Å². The molecule has 11 heteroatoms. The average Bonchev–Trinajstić information content (AvgIpc) is 3.28. The second kappa shape index (κ2) is 9.68. The summed E-state index contributed by atoms with van der Waals surface area (Å²) in [5.41, 5.74) is 0.834. The number of ketones is 1. The highest BCUT2D eigenvalue weighted by Crippen LogP contribution is 2.30. The number of rotatable bonds is 6. The molecule has 0 atom stereocenters. The molecule has 0 amide bonds. The number of hydrogen-bond donors (Lipinski definition) is 0. The predicted octanol–water partition coefficient (Wildman–Crippen LogP) is 6.75. The maximum absolute atomic E-state index is 13.0. The van der Waals surface area contributed by atoms with E-state index in [1.165, 1.54) is 59.7 Å². The number of allylic oxidation sites excluding steroid dienone is 1. The average molecular weight is 503 g/mol. The van der Waals surface area contributed by atoms with Crippen LogP contribution in [0, 0.1) is 0 Å². The molecule has 2 aromatic carbocycles. The van der Waals surface area contributed by atoms with Crippen LogP contribution < -0.4 is 4.74 Å². The van der Waals surface area contributed by atoms with Gasteiger partial charge in [0.1, 0.15) is 11.4 Å². The molecular weight excluding hydrogens is 488 g/mol. The Morgan fingerprint density at radius 2 is 1.61 bits per heavy atom. The molecule has 0 saturated carbocycles. The van der Waals surface area contributed by atoms with Crippen LogP contribution in [0.15, 0.2) is 85.3 Å². The van der Waals surface area contributed by atoms with Gasteiger partial charge in [0.05, 0.1) is 16.8 Å². The van der Waals surface area contributed by atoms with Gasteiger partial charge < -0.3 is 4.74 Å². The SMILES string of the molecule is O=C(C=Cc1ccc(OC(F)(F)F)cc1)c1cn(-c2ccc(C(F)(F)F)cc2)nc1-c1cccnc1. The van der Waals surface area contributed by atoms with Gasteiger partial charge in [-0.3, -0.25) is 9.78 Å². The summed E-state index contributed by atoms with van der Waals surface area (Å²) in [6.07, 6.45) is -2.29. The first-order valence-corrected chi connectivity index (χ1v) is 10.3. The molecule has 2 aromatic heterocycles. The van der Waals surface area contributed by atoms with E-state index in [4.69, 9.17) is 0 Å². The van der Waals surface area contributed by atoms with Gasteiger partial charge in [0.25, 0.3) is 0 Å². The van der Waals surface area contributed by atoms with Gasteiger partial charge in [0.15, 0.2) is 5.78 Å². The fourth-order valence-corrected chi connectivity index (χ4v) is 3.25. The zero-order chi connectivity index (χ0) is 25.9. The molecule has 184 valence electrons. The third-order valence-corrected chi connectivity index (χ3v) is 4.91. The quantitative estimate of drug-likeness (QED) is 0.166. The third kappa shape index (κ3) is 5.98. The van der Waals surface area contributed by atoms with Crippen LogP contribution in [0.25, 0.3) is 23.0 Å². The fraction of sp³-hybridized carbons (Fsp3) is 0.0800. The van der Waals surface area contributed by atoms with Crippen molar-refractivity contribution >= 4 is 11.9 Å². The molecule has 0 saturated heterocycles. The van der Waals surface area contributed by atoms with E-state index in [-0.39, 0.29) is 11.3 Å². The number of carbonyl (C=O) groups is 1. The number of benzene rings is 2. The lowest BCUT2D eigenvalue weighted by molar-refractivity contribution is -0.274. The first kappa shape index (κ1) is 24.7. The standard InChI is InChI=1S/C25H15F6N3O2/c26-24(27,28)18-6-8-19(9-7-18)34-15-21(23(33-34)17-2-1-13-32-14-17)22(35)12-5-16-3-10-20(11-4-16)36-25(29,30)31/h1-15H. The Labute approximate surface area is 200 Å². The molecule has 2 heterocycles. The number of aromatic nitrogens is 3. The Morgan fingerprint density at radius 3 is 2.19 bits per heavy atom. The number of pyridine rings is 1. The monoisotopic (exact) mass is 503 g/mol. The van der Waals surface area contributed by atoms with Crippen LogP contribution in [0.2, 0.25) is 0 Å². The summed E-state index contributed by atoms with van der Waals surface area (Å²) < 4.78 is 80.7. The number of hydrogen-bond acceptors (Lipinski definition) is 4. The van der Waals surface area contributed by atoms with Crippen LogP contribution in [0.4, 0.5) is 26.3 Å². The lowest BCUT2D eigenvalue weighted by Gasteiger charge is -2.08. The Hall–Kier alpha value is -4.41. The minimum atomic E-state index is -4.82. The van der Waals surface area contributed by atoms with Crippen LogP contribution in [-0.2, 0) is 6.18 Å². The summed E-state index contributed by atoms with van der Waals surface area (Å²) in [5, 5.41) is 4.38. The minimum Gasteiger partial charge on any atom is -0.406 e. The van der Waals surface area contributed by atoms with Crippen molar-refractivity contribution in [1.82, 2.24) is 14.8 Å². The normalized spacial score (nSPS) is 12.2. The predicted molar refractivity (Wildman–Crippen MR) is 118 cm³/mol. The van der Waals surface area contributed by atoms with Crippen molar-refractivity contribution in [3.8, 4) is 22.7 Å². The summed E-state index contributed by atoms with van der Waals surface area (Å²) in [7, 11) is 0. The molecule has 0 bridgehead atoms. The first-order valence-electron chi connectivity index (χ1n) is 10.3. The molecule has 0 fully saturated rings. The molecule has 0 radical (unpaired) electrons.